The Balaban J connectivity index is 2.31. The summed E-state index contributed by atoms with van der Waals surface area (Å²) in [5.74, 6) is 0.0301. The monoisotopic (exact) mass is 417 g/mol. The number of pyridine rings is 1. The van der Waals surface area contributed by atoms with Crippen LogP contribution in [0.15, 0.2) is 47.2 Å². The molecule has 2 aromatic rings. The average molecular weight is 418 g/mol. The normalized spacial score (nSPS) is 14.2. The second kappa shape index (κ2) is 6.12. The van der Waals surface area contributed by atoms with E-state index >= 15 is 0 Å². The Bertz CT molecular complexity index is 533. The van der Waals surface area contributed by atoms with Gasteiger partial charge in [-0.2, -0.15) is 0 Å². The largest absolute Gasteiger partial charge is 0.388 e. The average Bonchev–Trinajstić information content (AvgIpc) is 2.41. The molecule has 0 spiro atoms. The van der Waals surface area contributed by atoms with Crippen LogP contribution in [0.4, 0.5) is 0 Å². The van der Waals surface area contributed by atoms with Gasteiger partial charge >= 0.3 is 0 Å². The number of hydrogen-bond donors (Lipinski definition) is 1. The molecule has 0 aliphatic heterocycles. The molecule has 0 fully saturated rings. The summed E-state index contributed by atoms with van der Waals surface area (Å²) >= 11 is 5.75. The van der Waals surface area contributed by atoms with Crippen molar-refractivity contribution in [2.45, 2.75) is 18.9 Å². The zero-order valence-corrected chi connectivity index (χ0v) is 13.6. The summed E-state index contributed by atoms with van der Waals surface area (Å²) in [6.07, 6.45) is 2.97. The molecule has 2 atom stereocenters. The van der Waals surface area contributed by atoms with E-state index in [0.717, 1.165) is 19.2 Å². The second-order valence-electron chi connectivity index (χ2n) is 4.18. The van der Waals surface area contributed by atoms with Gasteiger partial charge in [0.15, 0.2) is 0 Å². The molecule has 1 N–H and O–H groups in total. The Hall–Kier alpha value is -0.460. The summed E-state index contributed by atoms with van der Waals surface area (Å²) < 4.78 is 2.06. The number of rotatable bonds is 3. The van der Waals surface area contributed by atoms with Gasteiger partial charge in [0.25, 0.3) is 0 Å². The van der Waals surface area contributed by atoms with E-state index in [1.54, 1.807) is 12.4 Å². The third kappa shape index (κ3) is 3.10. The number of hydrogen-bond acceptors (Lipinski definition) is 2. The predicted molar refractivity (Wildman–Crippen MR) is 84.5 cm³/mol. The lowest BCUT2D eigenvalue weighted by molar-refractivity contribution is 0.151. The first-order valence-electron chi connectivity index (χ1n) is 5.62. The topological polar surface area (TPSA) is 33.1 Å². The molecule has 2 nitrogen and oxygen atoms in total. The van der Waals surface area contributed by atoms with Crippen LogP contribution < -0.4 is 0 Å². The summed E-state index contributed by atoms with van der Waals surface area (Å²) in [6, 6.07) is 9.87. The van der Waals surface area contributed by atoms with Crippen LogP contribution in [0, 0.1) is 3.57 Å². The molecule has 0 saturated carbocycles. The molecule has 2 rings (SSSR count). The molecule has 2 unspecified atom stereocenters. The standard InChI is InChI=1S/C14H13BrINO/c1-9(10-4-6-17-7-5-10)14(18)12-8-11(16)2-3-13(12)15/h2-9,14,18H,1H3. The summed E-state index contributed by atoms with van der Waals surface area (Å²) in [7, 11) is 0. The van der Waals surface area contributed by atoms with Crippen molar-refractivity contribution in [3.8, 4) is 0 Å². The fourth-order valence-electron chi connectivity index (χ4n) is 1.86. The second-order valence-corrected chi connectivity index (χ2v) is 6.28. The van der Waals surface area contributed by atoms with Crippen LogP contribution in [-0.2, 0) is 0 Å². The van der Waals surface area contributed by atoms with Crippen LogP contribution >= 0.6 is 38.5 Å². The van der Waals surface area contributed by atoms with Gasteiger partial charge in [0.2, 0.25) is 0 Å². The minimum atomic E-state index is -0.531. The number of aromatic nitrogens is 1. The first-order chi connectivity index (χ1) is 8.59. The predicted octanol–water partition coefficient (Wildman–Crippen LogP) is 4.29. The zero-order chi connectivity index (χ0) is 13.1. The molecule has 0 bridgehead atoms. The first-order valence-corrected chi connectivity index (χ1v) is 7.49. The highest BCUT2D eigenvalue weighted by atomic mass is 127. The Labute approximate surface area is 129 Å². The molecule has 4 heteroatoms. The Morgan fingerprint density at radius 3 is 2.56 bits per heavy atom. The minimum absolute atomic E-state index is 0.0301. The molecular formula is C14H13BrINO. The minimum Gasteiger partial charge on any atom is -0.388 e. The SMILES string of the molecule is CC(c1ccncc1)C(O)c1cc(I)ccc1Br. The van der Waals surface area contributed by atoms with Gasteiger partial charge in [0, 0.05) is 26.4 Å². The molecular weight excluding hydrogens is 405 g/mol. The van der Waals surface area contributed by atoms with Crippen LogP contribution in [0.25, 0.3) is 0 Å². The van der Waals surface area contributed by atoms with Crippen LogP contribution in [0.5, 0.6) is 0 Å². The number of benzene rings is 1. The smallest absolute Gasteiger partial charge is 0.0867 e. The van der Waals surface area contributed by atoms with Crippen molar-refractivity contribution in [2.24, 2.45) is 0 Å². The van der Waals surface area contributed by atoms with Crippen LogP contribution in [0.1, 0.15) is 30.1 Å². The van der Waals surface area contributed by atoms with Gasteiger partial charge in [0.05, 0.1) is 6.10 Å². The summed E-state index contributed by atoms with van der Waals surface area (Å²) in [5, 5.41) is 10.5. The molecule has 1 aromatic heterocycles. The molecule has 1 heterocycles. The van der Waals surface area contributed by atoms with Crippen molar-refractivity contribution in [1.82, 2.24) is 4.98 Å². The van der Waals surface area contributed by atoms with E-state index in [0.29, 0.717) is 0 Å². The van der Waals surface area contributed by atoms with Crippen molar-refractivity contribution < 1.29 is 5.11 Å². The van der Waals surface area contributed by atoms with E-state index < -0.39 is 6.10 Å². The van der Waals surface area contributed by atoms with Gasteiger partial charge in [-0.25, -0.2) is 0 Å². The maximum absolute atomic E-state index is 10.5. The maximum atomic E-state index is 10.5. The van der Waals surface area contributed by atoms with Crippen molar-refractivity contribution in [3.63, 3.8) is 0 Å². The Morgan fingerprint density at radius 2 is 1.89 bits per heavy atom. The lowest BCUT2D eigenvalue weighted by Crippen LogP contribution is -2.08. The Morgan fingerprint density at radius 1 is 1.22 bits per heavy atom. The van der Waals surface area contributed by atoms with E-state index in [-0.39, 0.29) is 5.92 Å². The van der Waals surface area contributed by atoms with E-state index in [1.165, 1.54) is 0 Å². The van der Waals surface area contributed by atoms with Crippen molar-refractivity contribution in [2.75, 3.05) is 0 Å². The molecule has 0 aliphatic rings. The third-order valence-electron chi connectivity index (χ3n) is 2.98. The van der Waals surface area contributed by atoms with Gasteiger partial charge in [-0.15, -0.1) is 0 Å². The van der Waals surface area contributed by atoms with Crippen molar-refractivity contribution in [1.29, 1.82) is 0 Å². The van der Waals surface area contributed by atoms with Crippen molar-refractivity contribution >= 4 is 38.5 Å². The van der Waals surface area contributed by atoms with Gasteiger partial charge in [-0.3, -0.25) is 4.98 Å². The number of halogens is 2. The maximum Gasteiger partial charge on any atom is 0.0867 e. The summed E-state index contributed by atoms with van der Waals surface area (Å²) in [6.45, 7) is 2.02. The highest BCUT2D eigenvalue weighted by molar-refractivity contribution is 14.1. The van der Waals surface area contributed by atoms with E-state index in [1.807, 2.05) is 37.3 Å². The van der Waals surface area contributed by atoms with Crippen LogP contribution in [0.3, 0.4) is 0 Å². The molecule has 94 valence electrons. The summed E-state index contributed by atoms with van der Waals surface area (Å²) in [5.41, 5.74) is 2.01. The fraction of sp³-hybridized carbons (Fsp3) is 0.214. The quantitative estimate of drug-likeness (QED) is 0.756. The first kappa shape index (κ1) is 14.0. The van der Waals surface area contributed by atoms with Gasteiger partial charge in [-0.05, 0) is 64.0 Å². The summed E-state index contributed by atoms with van der Waals surface area (Å²) in [4.78, 5) is 4.00. The lowest BCUT2D eigenvalue weighted by atomic mass is 9.91. The van der Waals surface area contributed by atoms with Gasteiger partial charge in [0.1, 0.15) is 0 Å². The number of aliphatic hydroxyl groups excluding tert-OH is 1. The van der Waals surface area contributed by atoms with E-state index in [2.05, 4.69) is 43.5 Å². The molecule has 0 amide bonds. The zero-order valence-electron chi connectivity index (χ0n) is 9.85. The van der Waals surface area contributed by atoms with Gasteiger partial charge in [-0.1, -0.05) is 22.9 Å². The van der Waals surface area contributed by atoms with Crippen LogP contribution in [-0.4, -0.2) is 10.1 Å². The van der Waals surface area contributed by atoms with Crippen LogP contribution in [0.2, 0.25) is 0 Å². The molecule has 0 aliphatic carbocycles. The number of nitrogens with zero attached hydrogens (tertiary/aromatic N) is 1. The number of aliphatic hydroxyl groups is 1. The highest BCUT2D eigenvalue weighted by Crippen LogP contribution is 2.34. The van der Waals surface area contributed by atoms with Gasteiger partial charge < -0.3 is 5.11 Å². The molecule has 18 heavy (non-hydrogen) atoms. The van der Waals surface area contributed by atoms with E-state index in [9.17, 15) is 5.11 Å². The lowest BCUT2D eigenvalue weighted by Gasteiger charge is -2.21. The molecule has 0 saturated heterocycles. The van der Waals surface area contributed by atoms with Crippen molar-refractivity contribution in [3.05, 3.63) is 61.9 Å². The molecule has 1 aromatic carbocycles. The van der Waals surface area contributed by atoms with E-state index in [4.69, 9.17) is 0 Å². The third-order valence-corrected chi connectivity index (χ3v) is 4.38. The molecule has 0 radical (unpaired) electrons. The Kier molecular flexibility index (Phi) is 4.75. The fourth-order valence-corrected chi connectivity index (χ4v) is 2.86. The highest BCUT2D eigenvalue weighted by Gasteiger charge is 2.20.